The van der Waals surface area contributed by atoms with Gasteiger partial charge in [-0.3, -0.25) is 0 Å². The first kappa shape index (κ1) is 44.3. The van der Waals surface area contributed by atoms with E-state index in [1.807, 2.05) is 13.8 Å². The highest BCUT2D eigenvalue weighted by Crippen LogP contribution is 2.49. The summed E-state index contributed by atoms with van der Waals surface area (Å²) in [5.41, 5.74) is 26.2. The van der Waals surface area contributed by atoms with Gasteiger partial charge in [0.2, 0.25) is 0 Å². The van der Waals surface area contributed by atoms with E-state index in [0.29, 0.717) is 17.5 Å². The molecule has 354 valence electrons. The van der Waals surface area contributed by atoms with Gasteiger partial charge in [-0.2, -0.15) is 0 Å². The molecule has 0 unspecified atom stereocenters. The summed E-state index contributed by atoms with van der Waals surface area (Å²) in [5.74, 6) is 2.02. The number of nitrogens with zero attached hydrogens (tertiary/aromatic N) is 6. The zero-order chi connectivity index (χ0) is 50.1. The van der Waals surface area contributed by atoms with Gasteiger partial charge in [-0.05, 0) is 186 Å². The third kappa shape index (κ3) is 6.52. The number of hydrogen-bond donors (Lipinski definition) is 0. The molecule has 13 aromatic rings. The standard InChI is InChI=1S/C67H56N6/c1-37-39(3)43(7)64-62(41(37)5)63-42(6)38(2)40(4)44(8)65(63)73(64)66-56(47-21-19-23-50(33-47)71-58-29-15-11-25-52(58)53-26-12-16-30-59(53)71)35-49(67-69-45(9)68-46(10)70-67)36-57(66)48-22-20-24-51(34-48)72-60-31-17-13-27-54(60)55-28-14-18-32-61(55)72/h11-36H,1-10H3. The molecule has 0 aliphatic carbocycles. The smallest absolute Gasteiger partial charge is 0.163 e. The van der Waals surface area contributed by atoms with Gasteiger partial charge in [-0.25, -0.2) is 15.0 Å². The third-order valence-corrected chi connectivity index (χ3v) is 16.4. The van der Waals surface area contributed by atoms with Crippen LogP contribution in [0.2, 0.25) is 0 Å². The highest BCUT2D eigenvalue weighted by atomic mass is 15.0. The van der Waals surface area contributed by atoms with Crippen molar-refractivity contribution in [2.75, 3.05) is 0 Å². The minimum absolute atomic E-state index is 0.648. The van der Waals surface area contributed by atoms with Crippen molar-refractivity contribution in [1.29, 1.82) is 0 Å². The second-order valence-electron chi connectivity index (χ2n) is 20.3. The highest BCUT2D eigenvalue weighted by molar-refractivity contribution is 6.17. The lowest BCUT2D eigenvalue weighted by Gasteiger charge is -2.24. The van der Waals surface area contributed by atoms with E-state index in [4.69, 9.17) is 9.97 Å². The first-order valence-electron chi connectivity index (χ1n) is 25.5. The van der Waals surface area contributed by atoms with Crippen molar-refractivity contribution in [3.05, 3.63) is 214 Å². The average molecular weight is 945 g/mol. The molecule has 4 aromatic heterocycles. The second kappa shape index (κ2) is 16.5. The summed E-state index contributed by atoms with van der Waals surface area (Å²) in [6.07, 6.45) is 0. The molecule has 6 heteroatoms. The number of para-hydroxylation sites is 4. The molecule has 0 atom stereocenters. The molecule has 0 fully saturated rings. The quantitative estimate of drug-likeness (QED) is 0.167. The van der Waals surface area contributed by atoms with Crippen molar-refractivity contribution in [2.45, 2.75) is 69.2 Å². The Hall–Kier alpha value is -8.61. The van der Waals surface area contributed by atoms with Crippen LogP contribution in [0.15, 0.2) is 158 Å². The van der Waals surface area contributed by atoms with Gasteiger partial charge >= 0.3 is 0 Å². The van der Waals surface area contributed by atoms with Crippen molar-refractivity contribution in [3.63, 3.8) is 0 Å². The molecule has 0 saturated heterocycles. The molecule has 0 saturated carbocycles. The number of aryl methyl sites for hydroxylation is 6. The summed E-state index contributed by atoms with van der Waals surface area (Å²) in [6.45, 7) is 22.5. The van der Waals surface area contributed by atoms with Crippen molar-refractivity contribution >= 4 is 65.4 Å². The fraction of sp³-hybridized carbons (Fsp3) is 0.149. The molecule has 6 nitrogen and oxygen atoms in total. The van der Waals surface area contributed by atoms with Gasteiger partial charge in [-0.1, -0.05) is 97.1 Å². The summed E-state index contributed by atoms with van der Waals surface area (Å²) in [5, 5.41) is 7.57. The first-order valence-corrected chi connectivity index (χ1v) is 25.5. The van der Waals surface area contributed by atoms with Crippen molar-refractivity contribution in [1.82, 2.24) is 28.7 Å². The van der Waals surface area contributed by atoms with Crippen LogP contribution in [-0.4, -0.2) is 28.7 Å². The zero-order valence-electron chi connectivity index (χ0n) is 43.2. The van der Waals surface area contributed by atoms with E-state index >= 15 is 0 Å². The SMILES string of the molecule is Cc1nc(C)nc(-c2cc(-c3cccc(-n4c5ccccc5c5ccccc54)c3)c(-n3c4c(C)c(C)c(C)c(C)c4c4c(C)c(C)c(C)c(C)c43)c(-c3cccc(-n4c5ccccc5c5ccccc54)c3)c2)n1. The molecule has 4 heterocycles. The van der Waals surface area contributed by atoms with E-state index < -0.39 is 0 Å². The van der Waals surface area contributed by atoms with Gasteiger partial charge in [-0.15, -0.1) is 0 Å². The fourth-order valence-corrected chi connectivity index (χ4v) is 12.3. The van der Waals surface area contributed by atoms with Gasteiger partial charge in [0.25, 0.3) is 0 Å². The molecular formula is C67H56N6. The van der Waals surface area contributed by atoms with Crippen LogP contribution in [0.25, 0.3) is 116 Å². The van der Waals surface area contributed by atoms with E-state index in [0.717, 1.165) is 44.9 Å². The average Bonchev–Trinajstić information content (AvgIpc) is 4.07. The Labute approximate surface area is 425 Å². The molecule has 0 amide bonds. The number of fused-ring (bicyclic) bond motifs is 9. The molecule has 13 rings (SSSR count). The van der Waals surface area contributed by atoms with Crippen molar-refractivity contribution < 1.29 is 0 Å². The Balaban J connectivity index is 1.22. The molecule has 0 aliphatic rings. The van der Waals surface area contributed by atoms with Crippen LogP contribution in [0.5, 0.6) is 0 Å². The van der Waals surface area contributed by atoms with E-state index in [9.17, 15) is 0 Å². The summed E-state index contributed by atoms with van der Waals surface area (Å²) in [4.78, 5) is 14.8. The topological polar surface area (TPSA) is 53.5 Å². The zero-order valence-corrected chi connectivity index (χ0v) is 43.2. The highest BCUT2D eigenvalue weighted by Gasteiger charge is 2.29. The summed E-state index contributed by atoms with van der Waals surface area (Å²) < 4.78 is 7.51. The summed E-state index contributed by atoms with van der Waals surface area (Å²) in [6, 6.07) is 58.1. The van der Waals surface area contributed by atoms with Crippen LogP contribution in [0.1, 0.15) is 56.2 Å². The van der Waals surface area contributed by atoms with Crippen LogP contribution < -0.4 is 0 Å². The second-order valence-corrected chi connectivity index (χ2v) is 20.3. The maximum absolute atomic E-state index is 5.08. The van der Waals surface area contributed by atoms with E-state index in [-0.39, 0.29) is 0 Å². The van der Waals surface area contributed by atoms with Gasteiger partial charge in [0.05, 0.1) is 38.8 Å². The van der Waals surface area contributed by atoms with Gasteiger partial charge in [0, 0.05) is 60.4 Å². The number of hydrogen-bond acceptors (Lipinski definition) is 3. The molecule has 0 radical (unpaired) electrons. The maximum atomic E-state index is 5.08. The van der Waals surface area contributed by atoms with Crippen LogP contribution in [0, 0.1) is 69.2 Å². The van der Waals surface area contributed by atoms with E-state index in [1.54, 1.807) is 0 Å². The lowest BCUT2D eigenvalue weighted by atomic mass is 9.90. The van der Waals surface area contributed by atoms with Crippen LogP contribution in [0.3, 0.4) is 0 Å². The van der Waals surface area contributed by atoms with Gasteiger partial charge < -0.3 is 13.7 Å². The van der Waals surface area contributed by atoms with Crippen molar-refractivity contribution in [3.8, 4) is 50.7 Å². The largest absolute Gasteiger partial charge is 0.309 e. The van der Waals surface area contributed by atoms with Crippen molar-refractivity contribution in [2.24, 2.45) is 0 Å². The predicted octanol–water partition coefficient (Wildman–Crippen LogP) is 17.2. The van der Waals surface area contributed by atoms with Crippen LogP contribution in [0.4, 0.5) is 0 Å². The molecule has 0 bridgehead atoms. The Kier molecular flexibility index (Phi) is 10.0. The number of aromatic nitrogens is 6. The number of benzene rings is 9. The Morgan fingerprint density at radius 2 is 0.658 bits per heavy atom. The summed E-state index contributed by atoms with van der Waals surface area (Å²) >= 11 is 0. The molecule has 0 aliphatic heterocycles. The fourth-order valence-electron chi connectivity index (χ4n) is 12.3. The molecule has 0 N–H and O–H groups in total. The Bertz CT molecular complexity index is 4120. The van der Waals surface area contributed by atoms with Gasteiger partial charge in [0.15, 0.2) is 5.82 Å². The minimum Gasteiger partial charge on any atom is -0.309 e. The molecule has 73 heavy (non-hydrogen) atoms. The first-order chi connectivity index (χ1) is 35.4. The van der Waals surface area contributed by atoms with E-state index in [1.165, 1.54) is 110 Å². The molecule has 0 spiro atoms. The predicted molar refractivity (Wildman–Crippen MR) is 307 cm³/mol. The van der Waals surface area contributed by atoms with E-state index in [2.05, 4.69) is 232 Å². The third-order valence-electron chi connectivity index (χ3n) is 16.4. The Morgan fingerprint density at radius 1 is 0.301 bits per heavy atom. The molecular weight excluding hydrogens is 889 g/mol. The Morgan fingerprint density at radius 3 is 1.04 bits per heavy atom. The lowest BCUT2D eigenvalue weighted by Crippen LogP contribution is -2.07. The lowest BCUT2D eigenvalue weighted by molar-refractivity contribution is 0.928. The van der Waals surface area contributed by atoms with Crippen LogP contribution >= 0.6 is 0 Å². The van der Waals surface area contributed by atoms with Crippen LogP contribution in [-0.2, 0) is 0 Å². The molecule has 9 aromatic carbocycles. The number of rotatable bonds is 6. The van der Waals surface area contributed by atoms with Gasteiger partial charge in [0.1, 0.15) is 11.6 Å². The monoisotopic (exact) mass is 944 g/mol. The summed E-state index contributed by atoms with van der Waals surface area (Å²) in [7, 11) is 0. The minimum atomic E-state index is 0.648. The normalized spacial score (nSPS) is 12.0. The maximum Gasteiger partial charge on any atom is 0.163 e.